The van der Waals surface area contributed by atoms with E-state index in [-0.39, 0.29) is 30.6 Å². The van der Waals surface area contributed by atoms with Gasteiger partial charge in [0.05, 0.1) is 105 Å². The van der Waals surface area contributed by atoms with Crippen LogP contribution in [-0.4, -0.2) is 44.9 Å². The van der Waals surface area contributed by atoms with Gasteiger partial charge in [-0.25, -0.2) is 13.7 Å². The molecule has 17 rings (SSSR count). The fourth-order valence-corrected chi connectivity index (χ4v) is 24.1. The Hall–Kier alpha value is -10.6. The Morgan fingerprint density at radius 3 is 1.04 bits per heavy atom. The molecule has 17 aromatic rings. The minimum atomic E-state index is -2.48. The molecule has 682 valence electrons. The number of nitrogens with zero attached hydrogens (tertiary/aromatic N) is 6. The van der Waals surface area contributed by atoms with Crippen LogP contribution >= 0.6 is 0 Å². The van der Waals surface area contributed by atoms with E-state index in [1.54, 1.807) is 29.8 Å². The molecule has 6 aromatic heterocycles. The average Bonchev–Trinajstić information content (AvgIpc) is 1.45. The Labute approximate surface area is 819 Å². The summed E-state index contributed by atoms with van der Waals surface area (Å²) in [7, 11) is 2.03. The molecule has 6 heterocycles. The van der Waals surface area contributed by atoms with Crippen LogP contribution in [0.1, 0.15) is 152 Å². The normalized spacial score (nSPS) is 14.4. The summed E-state index contributed by atoms with van der Waals surface area (Å²) in [5, 5.41) is 18.8. The van der Waals surface area contributed by atoms with Crippen molar-refractivity contribution >= 4 is 142 Å². The van der Waals surface area contributed by atoms with E-state index in [0.29, 0.717) is 41.8 Å². The van der Waals surface area contributed by atoms with E-state index in [1.165, 1.54) is 88.2 Å². The Balaban J connectivity index is 0.000000154. The number of fused-ring (bicyclic) bond motifs is 8. The highest BCUT2D eigenvalue weighted by Gasteiger charge is 2.31. The number of aryl methyl sites for hydroxylation is 5. The molecule has 0 N–H and O–H groups in total. The van der Waals surface area contributed by atoms with E-state index in [2.05, 4.69) is 322 Å². The highest BCUT2D eigenvalue weighted by molar-refractivity contribution is 6.90. The van der Waals surface area contributed by atoms with Crippen LogP contribution in [0.2, 0.25) is 98.2 Å². The maximum atomic E-state index is 8.93. The quantitative estimate of drug-likeness (QED) is 0.0812. The van der Waals surface area contributed by atoms with E-state index < -0.39 is 59.0 Å². The van der Waals surface area contributed by atoms with E-state index in [4.69, 9.17) is 20.6 Å². The van der Waals surface area contributed by atoms with Crippen LogP contribution < -0.4 is 48.8 Å². The topological polar surface area (TPSA) is 24.3 Å². The van der Waals surface area contributed by atoms with E-state index in [1.807, 2.05) is 88.5 Å². The van der Waals surface area contributed by atoms with Gasteiger partial charge in [-0.05, 0) is 243 Å². The van der Waals surface area contributed by atoms with Gasteiger partial charge in [-0.1, -0.05) is 273 Å². The number of benzene rings is 11. The molecule has 0 radical (unpaired) electrons. The van der Waals surface area contributed by atoms with Crippen molar-refractivity contribution in [3.63, 3.8) is 0 Å². The van der Waals surface area contributed by atoms with Crippen molar-refractivity contribution < 1.29 is 43.4 Å². The predicted molar refractivity (Wildman–Crippen MR) is 591 cm³/mol. The number of pyridine rings is 5. The molecule has 0 saturated carbocycles. The zero-order chi connectivity index (χ0) is 110. The van der Waals surface area contributed by atoms with Gasteiger partial charge in [0.15, 0.2) is 29.9 Å². The minimum absolute atomic E-state index is 0.104. The summed E-state index contributed by atoms with van der Waals surface area (Å²) in [5.74, 6) is -2.47. The monoisotopic (exact) mass is 1850 g/mol. The fraction of sp³-hybridized carbons (Fsp3) is 0.331. The van der Waals surface area contributed by atoms with Gasteiger partial charge >= 0.3 is 0 Å². The van der Waals surface area contributed by atoms with Crippen LogP contribution in [0.15, 0.2) is 237 Å². The lowest BCUT2D eigenvalue weighted by Crippen LogP contribution is -2.38. The van der Waals surface area contributed by atoms with Gasteiger partial charge in [0.25, 0.3) is 0 Å². The predicted octanol–water partition coefficient (Wildman–Crippen LogP) is 27.7. The molecule has 0 aliphatic carbocycles. The minimum Gasteiger partial charge on any atom is -0.338 e. The largest absolute Gasteiger partial charge is 0.338 e. The van der Waals surface area contributed by atoms with Gasteiger partial charge in [-0.3, -0.25) is 0 Å². The van der Waals surface area contributed by atoms with Crippen molar-refractivity contribution in [2.45, 2.75) is 234 Å². The summed E-state index contributed by atoms with van der Waals surface area (Å²) < 4.78 is 138. The van der Waals surface area contributed by atoms with E-state index >= 15 is 0 Å². The zero-order valence-corrected chi connectivity index (χ0v) is 91.0. The molecular formula is C121H153N6Si5+5. The van der Waals surface area contributed by atoms with Crippen LogP contribution in [0.3, 0.4) is 0 Å². The van der Waals surface area contributed by atoms with Crippen molar-refractivity contribution in [2.24, 2.45) is 35.2 Å². The van der Waals surface area contributed by atoms with Gasteiger partial charge in [0.2, 0.25) is 28.5 Å². The maximum Gasteiger partial charge on any atom is 0.220 e. The van der Waals surface area contributed by atoms with Gasteiger partial charge < -0.3 is 4.57 Å². The van der Waals surface area contributed by atoms with Crippen molar-refractivity contribution in [3.05, 3.63) is 309 Å². The molecule has 11 aromatic carbocycles. The van der Waals surface area contributed by atoms with Crippen LogP contribution in [0.4, 0.5) is 0 Å². The van der Waals surface area contributed by atoms with Crippen LogP contribution in [0.25, 0.3) is 132 Å². The third-order valence-corrected chi connectivity index (χ3v) is 37.3. The first-order chi connectivity index (χ1) is 67.7. The van der Waals surface area contributed by atoms with Crippen molar-refractivity contribution in [2.75, 3.05) is 0 Å². The lowest BCUT2D eigenvalue weighted by molar-refractivity contribution is -0.665. The second-order valence-electron chi connectivity index (χ2n) is 42.8. The standard InChI is InChI=1S/C30H35N2Si.2C24H32NSi.C22H28NSi.C21H26NSi/c1-19(2)32-28-12-10-9-11-25(28)27-15-20(3)26(18-29(27)32)30-24-14-13-23(33(6,7)8)17-22(24)16-21(4)31(30)5;2*1-16(2)20-13-17(3)18(4)23(15-20)24-22-10-9-21(26(6,7)8)14-19(22)11-12-25(24)5;1-15-12-16(2)17(3)21(13-15)22-20-9-8-19(24(5,6)7)14-18(20)10-11-23(22)4;1-15-9-7-8-10-19(15)21-20-12-11-18(23(4,5)6)14-17(20)13-16(2)22(21)3/h9-19H,1-8H3;2*9-16H,1-8H3;8-14H,1-7H3;7-14H,1-6H3/q5*+1/i16D;1D3,11D,12D,16D;11D,12D,16D;10D,11D;8D,9D,13D. The summed E-state index contributed by atoms with van der Waals surface area (Å²) in [6, 6.07) is 64.6. The molecule has 1 unspecified atom stereocenters. The molecule has 0 aliphatic heterocycles. The van der Waals surface area contributed by atoms with E-state index in [0.717, 1.165) is 144 Å². The number of rotatable bonds is 13. The second kappa shape index (κ2) is 38.4. The average molecular weight is 1850 g/mol. The van der Waals surface area contributed by atoms with Crippen molar-refractivity contribution in [1.29, 1.82) is 0 Å². The first-order valence-electron chi connectivity index (χ1n) is 54.4. The van der Waals surface area contributed by atoms with E-state index in [9.17, 15) is 0 Å². The third kappa shape index (κ3) is 20.5. The molecule has 11 heteroatoms. The highest BCUT2D eigenvalue weighted by atomic mass is 28.3. The number of hydrogen-bond acceptors (Lipinski definition) is 0. The second-order valence-corrected chi connectivity index (χ2v) is 68.2. The van der Waals surface area contributed by atoms with Gasteiger partial charge in [-0.15, -0.1) is 0 Å². The molecule has 0 bridgehead atoms. The maximum absolute atomic E-state index is 8.93. The SMILES string of the molecule is [2H]c1c(C)[n+](C)c(-c2cc3c(cc2C)c2ccccc2n3C(C)C)c2ccc([Si](C)(C)C)cc12.[2H]c1c([2H])[n+](C)c(-c2cc(C([2H])(C)C([2H])([2H])[2H])cc(C)c2C)c2ccc([Si](C)(C)C)cc12.[2H]c1c([2H])[n+](C)c(-c2cc(C([2H])(C)C)cc(C)c2C)c2ccc([Si](C)(C)C)cc12.[2H]c1c([2H])[n+](C)c(-c2cc(C)cc(C)c2C)c2ccc([Si](C)(C)C)cc12.[2H]c1cc([2H])c(C)c(-c2c3ccc([Si](C)(C)C)cc3c([2H])c(C)[n+]2C)c1. The van der Waals surface area contributed by atoms with Crippen LogP contribution in [0.5, 0.6) is 0 Å². The lowest BCUT2D eigenvalue weighted by Gasteiger charge is -2.18. The summed E-state index contributed by atoms with van der Waals surface area (Å²) >= 11 is 0. The Bertz CT molecular complexity index is 8050. The Morgan fingerprint density at radius 1 is 0.303 bits per heavy atom. The molecule has 132 heavy (non-hydrogen) atoms. The molecule has 1 atom stereocenters. The molecule has 0 fully saturated rings. The van der Waals surface area contributed by atoms with Crippen molar-refractivity contribution in [3.8, 4) is 56.3 Å². The molecule has 0 amide bonds. The Kier molecular flexibility index (Phi) is 23.2. The first-order valence-corrected chi connectivity index (χ1v) is 64.4. The fourth-order valence-electron chi connectivity index (χ4n) is 18.3. The van der Waals surface area contributed by atoms with Gasteiger partial charge in [-0.2, -0.15) is 9.13 Å². The smallest absolute Gasteiger partial charge is 0.220 e. The molecule has 0 spiro atoms. The zero-order valence-electron chi connectivity index (χ0n) is 101. The van der Waals surface area contributed by atoms with Crippen molar-refractivity contribution in [1.82, 2.24) is 4.57 Å². The summed E-state index contributed by atoms with van der Waals surface area (Å²) in [4.78, 5) is 0. The number of para-hydroxylation sites is 1. The summed E-state index contributed by atoms with van der Waals surface area (Å²) in [5.41, 5.74) is 25.9. The lowest BCUT2D eigenvalue weighted by atomic mass is 9.91. The summed E-state index contributed by atoms with van der Waals surface area (Å²) in [6.07, 6.45) is 0.582. The van der Waals surface area contributed by atoms with Crippen LogP contribution in [-0.2, 0) is 35.2 Å². The van der Waals surface area contributed by atoms with Gasteiger partial charge in [0.1, 0.15) is 39.4 Å². The summed E-state index contributed by atoms with van der Waals surface area (Å²) in [6.45, 7) is 64.6. The van der Waals surface area contributed by atoms with Gasteiger partial charge in [0, 0.05) is 78.8 Å². The van der Waals surface area contributed by atoms with Crippen LogP contribution in [0, 0.1) is 76.2 Å². The number of hydrogen-bond donors (Lipinski definition) is 0. The molecule has 6 nitrogen and oxygen atoms in total. The molecular weight excluding hydrogens is 1680 g/mol. The Morgan fingerprint density at radius 2 is 0.659 bits per heavy atom. The highest BCUT2D eigenvalue weighted by Crippen LogP contribution is 2.41. The number of aromatic nitrogens is 6. The first kappa shape index (κ1) is 79.9. The molecule has 0 aliphatic rings. The third-order valence-electron chi connectivity index (χ3n) is 27.1. The molecule has 0 saturated heterocycles.